The number of benzene rings is 1. The van der Waals surface area contributed by atoms with Gasteiger partial charge in [-0.2, -0.15) is 0 Å². The van der Waals surface area contributed by atoms with Gasteiger partial charge in [-0.05, 0) is 61.9 Å². The molecule has 1 heterocycles. The number of fused-ring (bicyclic) bond motifs is 1. The Hall–Kier alpha value is -0.860. The molecule has 21 heavy (non-hydrogen) atoms. The number of aryl methyl sites for hydroxylation is 1. The van der Waals surface area contributed by atoms with Crippen molar-refractivity contribution >= 4 is 0 Å². The molecule has 1 aromatic carbocycles. The largest absolute Gasteiger partial charge is 0.307 e. The van der Waals surface area contributed by atoms with Gasteiger partial charge >= 0.3 is 0 Å². The second-order valence-corrected chi connectivity index (χ2v) is 7.50. The van der Waals surface area contributed by atoms with Crippen LogP contribution in [0, 0.1) is 5.41 Å². The lowest BCUT2D eigenvalue weighted by molar-refractivity contribution is 0.151. The SMILES string of the molecule is CCN1CCC(NC2c3ccccc3CCC2(C)C)CC1. The molecule has 0 saturated carbocycles. The lowest BCUT2D eigenvalue weighted by atomic mass is 9.70. The standard InChI is InChI=1S/C19H30N2/c1-4-21-13-10-16(11-14-21)20-18-17-8-6-5-7-15(17)9-12-19(18,2)3/h5-8,16,18,20H,4,9-14H2,1-3H3. The summed E-state index contributed by atoms with van der Waals surface area (Å²) in [6.07, 6.45) is 5.11. The summed E-state index contributed by atoms with van der Waals surface area (Å²) < 4.78 is 0. The first-order valence-electron chi connectivity index (χ1n) is 8.66. The van der Waals surface area contributed by atoms with Crippen LogP contribution >= 0.6 is 0 Å². The third-order valence-electron chi connectivity index (χ3n) is 5.62. The van der Waals surface area contributed by atoms with Gasteiger partial charge in [0.05, 0.1) is 0 Å². The molecule has 2 nitrogen and oxygen atoms in total. The lowest BCUT2D eigenvalue weighted by Gasteiger charge is -2.44. The fourth-order valence-corrected chi connectivity index (χ4v) is 4.03. The topological polar surface area (TPSA) is 15.3 Å². The summed E-state index contributed by atoms with van der Waals surface area (Å²) in [4.78, 5) is 2.57. The van der Waals surface area contributed by atoms with Crippen LogP contribution in [0.4, 0.5) is 0 Å². The Morgan fingerprint density at radius 3 is 2.62 bits per heavy atom. The van der Waals surface area contributed by atoms with Crippen molar-refractivity contribution in [3.8, 4) is 0 Å². The van der Waals surface area contributed by atoms with Gasteiger partial charge in [-0.15, -0.1) is 0 Å². The molecular weight excluding hydrogens is 256 g/mol. The van der Waals surface area contributed by atoms with E-state index in [9.17, 15) is 0 Å². The van der Waals surface area contributed by atoms with Crippen molar-refractivity contribution in [3.05, 3.63) is 35.4 Å². The smallest absolute Gasteiger partial charge is 0.0376 e. The summed E-state index contributed by atoms with van der Waals surface area (Å²) in [6.45, 7) is 10.8. The van der Waals surface area contributed by atoms with Crippen LogP contribution in [0.2, 0.25) is 0 Å². The molecule has 116 valence electrons. The first kappa shape index (κ1) is 15.1. The highest BCUT2D eigenvalue weighted by molar-refractivity contribution is 5.34. The van der Waals surface area contributed by atoms with E-state index in [-0.39, 0.29) is 0 Å². The van der Waals surface area contributed by atoms with Crippen LogP contribution in [0.25, 0.3) is 0 Å². The average Bonchev–Trinajstić information content (AvgIpc) is 2.51. The van der Waals surface area contributed by atoms with E-state index >= 15 is 0 Å². The van der Waals surface area contributed by atoms with Crippen LogP contribution in [-0.4, -0.2) is 30.6 Å². The Balaban J connectivity index is 1.74. The van der Waals surface area contributed by atoms with Crippen molar-refractivity contribution in [2.75, 3.05) is 19.6 Å². The van der Waals surface area contributed by atoms with Gasteiger partial charge in [0, 0.05) is 12.1 Å². The zero-order valence-corrected chi connectivity index (χ0v) is 13.9. The Bertz CT molecular complexity index is 472. The van der Waals surface area contributed by atoms with E-state index in [1.807, 2.05) is 0 Å². The van der Waals surface area contributed by atoms with E-state index in [1.165, 1.54) is 45.3 Å². The van der Waals surface area contributed by atoms with Crippen molar-refractivity contribution in [1.29, 1.82) is 0 Å². The first-order chi connectivity index (χ1) is 10.1. The monoisotopic (exact) mass is 286 g/mol. The minimum atomic E-state index is 0.357. The first-order valence-corrected chi connectivity index (χ1v) is 8.66. The maximum atomic E-state index is 4.02. The van der Waals surface area contributed by atoms with Crippen molar-refractivity contribution in [2.45, 2.75) is 58.5 Å². The molecule has 1 unspecified atom stereocenters. The molecule has 1 fully saturated rings. The third-order valence-corrected chi connectivity index (χ3v) is 5.62. The summed E-state index contributed by atoms with van der Waals surface area (Å²) in [7, 11) is 0. The highest BCUT2D eigenvalue weighted by Gasteiger charge is 2.37. The molecule has 1 saturated heterocycles. The van der Waals surface area contributed by atoms with Crippen LogP contribution in [0.15, 0.2) is 24.3 Å². The molecule has 1 atom stereocenters. The molecule has 0 spiro atoms. The molecule has 0 bridgehead atoms. The summed E-state index contributed by atoms with van der Waals surface area (Å²) in [5.74, 6) is 0. The van der Waals surface area contributed by atoms with Crippen molar-refractivity contribution in [3.63, 3.8) is 0 Å². The number of nitrogens with one attached hydrogen (secondary N) is 1. The van der Waals surface area contributed by atoms with Gasteiger partial charge in [0.2, 0.25) is 0 Å². The van der Waals surface area contributed by atoms with E-state index in [2.05, 4.69) is 55.3 Å². The quantitative estimate of drug-likeness (QED) is 0.910. The molecule has 1 aliphatic carbocycles. The summed E-state index contributed by atoms with van der Waals surface area (Å²) in [6, 6.07) is 10.3. The Morgan fingerprint density at radius 1 is 1.19 bits per heavy atom. The van der Waals surface area contributed by atoms with Crippen LogP contribution in [0.5, 0.6) is 0 Å². The maximum absolute atomic E-state index is 4.02. The zero-order chi connectivity index (χ0) is 14.9. The van der Waals surface area contributed by atoms with Gasteiger partial charge in [-0.25, -0.2) is 0 Å². The Morgan fingerprint density at radius 2 is 1.90 bits per heavy atom. The molecule has 2 aliphatic rings. The average molecular weight is 286 g/mol. The Kier molecular flexibility index (Phi) is 4.37. The predicted molar refractivity (Wildman–Crippen MR) is 89.6 cm³/mol. The molecule has 0 aromatic heterocycles. The molecule has 0 amide bonds. The highest BCUT2D eigenvalue weighted by atomic mass is 15.1. The summed E-state index contributed by atoms with van der Waals surface area (Å²) in [5.41, 5.74) is 3.46. The van der Waals surface area contributed by atoms with E-state index < -0.39 is 0 Å². The minimum absolute atomic E-state index is 0.357. The lowest BCUT2D eigenvalue weighted by Crippen LogP contribution is -2.47. The van der Waals surface area contributed by atoms with Gasteiger partial charge in [-0.1, -0.05) is 45.0 Å². The number of piperidine rings is 1. The predicted octanol–water partition coefficient (Wildman–Crippen LogP) is 3.77. The number of likely N-dealkylation sites (tertiary alicyclic amines) is 1. The van der Waals surface area contributed by atoms with Gasteiger partial charge < -0.3 is 10.2 Å². The maximum Gasteiger partial charge on any atom is 0.0376 e. The van der Waals surface area contributed by atoms with E-state index in [0.29, 0.717) is 17.5 Å². The normalized spacial score (nSPS) is 26.5. The summed E-state index contributed by atoms with van der Waals surface area (Å²) >= 11 is 0. The number of rotatable bonds is 3. The molecule has 1 aromatic rings. The fourth-order valence-electron chi connectivity index (χ4n) is 4.03. The van der Waals surface area contributed by atoms with Gasteiger partial charge in [-0.3, -0.25) is 0 Å². The van der Waals surface area contributed by atoms with Crippen molar-refractivity contribution in [2.24, 2.45) is 5.41 Å². The molecule has 1 N–H and O–H groups in total. The second kappa shape index (κ2) is 6.10. The van der Waals surface area contributed by atoms with Crippen LogP contribution in [-0.2, 0) is 6.42 Å². The molecule has 2 heteroatoms. The molecule has 3 rings (SSSR count). The fraction of sp³-hybridized carbons (Fsp3) is 0.684. The molecular formula is C19H30N2. The summed E-state index contributed by atoms with van der Waals surface area (Å²) in [5, 5.41) is 4.02. The van der Waals surface area contributed by atoms with Gasteiger partial charge in [0.25, 0.3) is 0 Å². The number of nitrogens with zero attached hydrogens (tertiary/aromatic N) is 1. The second-order valence-electron chi connectivity index (χ2n) is 7.50. The molecule has 1 aliphatic heterocycles. The van der Waals surface area contributed by atoms with E-state index in [4.69, 9.17) is 0 Å². The number of hydrogen-bond acceptors (Lipinski definition) is 2. The Labute approximate surface area is 129 Å². The minimum Gasteiger partial charge on any atom is -0.307 e. The van der Waals surface area contributed by atoms with Crippen LogP contribution in [0.3, 0.4) is 0 Å². The van der Waals surface area contributed by atoms with Crippen molar-refractivity contribution < 1.29 is 0 Å². The van der Waals surface area contributed by atoms with Gasteiger partial charge in [0.15, 0.2) is 0 Å². The zero-order valence-electron chi connectivity index (χ0n) is 13.9. The third kappa shape index (κ3) is 3.17. The van der Waals surface area contributed by atoms with Crippen LogP contribution in [0.1, 0.15) is 57.2 Å². The van der Waals surface area contributed by atoms with E-state index in [1.54, 1.807) is 11.1 Å². The molecule has 0 radical (unpaired) electrons. The van der Waals surface area contributed by atoms with Gasteiger partial charge in [0.1, 0.15) is 0 Å². The van der Waals surface area contributed by atoms with Crippen LogP contribution < -0.4 is 5.32 Å². The van der Waals surface area contributed by atoms with E-state index in [0.717, 1.165) is 0 Å². The van der Waals surface area contributed by atoms with Crippen molar-refractivity contribution in [1.82, 2.24) is 10.2 Å². The highest BCUT2D eigenvalue weighted by Crippen LogP contribution is 2.43. The number of hydrogen-bond donors (Lipinski definition) is 1.